The van der Waals surface area contributed by atoms with E-state index in [1.54, 1.807) is 0 Å². The molecule has 9 nitrogen and oxygen atoms in total. The lowest BCUT2D eigenvalue weighted by atomic mass is 10.0. The molecule has 1 aromatic carbocycles. The number of nitrogens with zero attached hydrogens (tertiary/aromatic N) is 1. The number of hydrogen-bond donors (Lipinski definition) is 5. The highest BCUT2D eigenvalue weighted by molar-refractivity contribution is 5.94. The normalized spacial score (nSPS) is 12.3. The number of aryl methyl sites for hydroxylation is 1. The molecule has 10 heteroatoms. The van der Waals surface area contributed by atoms with Gasteiger partial charge in [0.1, 0.15) is 0 Å². The molecule has 0 bridgehead atoms. The summed E-state index contributed by atoms with van der Waals surface area (Å²) in [5.41, 5.74) is 3.81. The number of halogens is 1. The number of fused-ring (bicyclic) bond motifs is 4. The molecule has 0 amide bonds. The van der Waals surface area contributed by atoms with Crippen molar-refractivity contribution in [2.24, 2.45) is 7.05 Å². The van der Waals surface area contributed by atoms with Gasteiger partial charge in [0, 0.05) is 48.0 Å². The van der Waals surface area contributed by atoms with Gasteiger partial charge >= 0.3 is 6.16 Å². The molecular formula is C19H21ClN4O5. The Morgan fingerprint density at radius 2 is 2.10 bits per heavy atom. The number of carboxylic acid groups (broad SMARTS) is 1. The predicted molar refractivity (Wildman–Crippen MR) is 111 cm³/mol. The van der Waals surface area contributed by atoms with Crippen molar-refractivity contribution in [3.05, 3.63) is 39.8 Å². The highest BCUT2D eigenvalue weighted by Crippen LogP contribution is 2.40. The van der Waals surface area contributed by atoms with E-state index in [2.05, 4.69) is 31.0 Å². The van der Waals surface area contributed by atoms with Crippen LogP contribution in [0.5, 0.6) is 11.5 Å². The van der Waals surface area contributed by atoms with Crippen LogP contribution in [0.3, 0.4) is 0 Å². The maximum atomic E-state index is 12.3. The van der Waals surface area contributed by atoms with Gasteiger partial charge in [-0.2, -0.15) is 0 Å². The van der Waals surface area contributed by atoms with Gasteiger partial charge in [-0.1, -0.05) is 0 Å². The molecular weight excluding hydrogens is 400 g/mol. The summed E-state index contributed by atoms with van der Waals surface area (Å²) in [7, 11) is 3.88. The molecule has 5 N–H and O–H groups in total. The Labute approximate surface area is 171 Å². The van der Waals surface area contributed by atoms with Gasteiger partial charge in [-0.05, 0) is 31.7 Å². The van der Waals surface area contributed by atoms with Crippen molar-refractivity contribution in [1.29, 1.82) is 0 Å². The van der Waals surface area contributed by atoms with Gasteiger partial charge < -0.3 is 35.1 Å². The van der Waals surface area contributed by atoms with E-state index < -0.39 is 23.2 Å². The zero-order valence-electron chi connectivity index (χ0n) is 15.8. The van der Waals surface area contributed by atoms with Crippen LogP contribution >= 0.6 is 12.4 Å². The Kier molecular flexibility index (Phi) is 5.45. The van der Waals surface area contributed by atoms with E-state index in [1.807, 2.05) is 26.2 Å². The molecule has 4 rings (SSSR count). The number of nitrogens with one attached hydrogen (secondary N) is 3. The molecule has 0 spiro atoms. The van der Waals surface area contributed by atoms with E-state index in [4.69, 9.17) is 5.11 Å². The Morgan fingerprint density at radius 1 is 1.34 bits per heavy atom. The van der Waals surface area contributed by atoms with Crippen molar-refractivity contribution < 1.29 is 19.7 Å². The molecule has 2 aromatic heterocycles. The molecule has 0 radical (unpaired) electrons. The maximum absolute atomic E-state index is 12.3. The molecule has 0 aliphatic carbocycles. The minimum atomic E-state index is -1.66. The SMILES string of the molecule is CNCc1cc2cc3c(cc2n1C)NCCc1c-3[nH]c(=O)c(OC(=O)O)c1O.Cl. The molecule has 1 aliphatic heterocycles. The molecule has 0 atom stereocenters. The fourth-order valence-electron chi connectivity index (χ4n) is 3.73. The maximum Gasteiger partial charge on any atom is 0.511 e. The zero-order chi connectivity index (χ0) is 20.0. The number of H-pyrrole nitrogens is 1. The Balaban J connectivity index is 0.00000240. The number of aromatic hydroxyl groups is 1. The lowest BCUT2D eigenvalue weighted by Gasteiger charge is -2.13. The molecule has 0 saturated carbocycles. The van der Waals surface area contributed by atoms with Crippen LogP contribution in [0.2, 0.25) is 0 Å². The van der Waals surface area contributed by atoms with Crippen molar-refractivity contribution in [1.82, 2.24) is 14.9 Å². The topological polar surface area (TPSA) is 129 Å². The first-order valence-electron chi connectivity index (χ1n) is 8.80. The molecule has 0 saturated heterocycles. The second-order valence-corrected chi connectivity index (χ2v) is 6.71. The number of rotatable bonds is 3. The number of pyridine rings is 1. The molecule has 1 aliphatic rings. The lowest BCUT2D eigenvalue weighted by Crippen LogP contribution is -2.17. The minimum Gasteiger partial charge on any atom is -0.504 e. The van der Waals surface area contributed by atoms with Crippen molar-refractivity contribution in [3.63, 3.8) is 0 Å². The quantitative estimate of drug-likeness (QED) is 0.411. The summed E-state index contributed by atoms with van der Waals surface area (Å²) >= 11 is 0. The Bertz CT molecular complexity index is 1170. The predicted octanol–water partition coefficient (Wildman–Crippen LogP) is 2.41. The first-order valence-corrected chi connectivity index (χ1v) is 8.80. The van der Waals surface area contributed by atoms with Crippen molar-refractivity contribution in [2.45, 2.75) is 13.0 Å². The molecule has 3 aromatic rings. The van der Waals surface area contributed by atoms with E-state index >= 15 is 0 Å². The van der Waals surface area contributed by atoms with Gasteiger partial charge in [0.05, 0.1) is 11.2 Å². The number of benzene rings is 1. The van der Waals surface area contributed by atoms with E-state index in [0.717, 1.165) is 27.8 Å². The number of anilines is 1. The Hall–Kier alpha value is -3.17. The number of hydrogen-bond acceptors (Lipinski definition) is 6. The minimum absolute atomic E-state index is 0. The molecule has 3 heterocycles. The van der Waals surface area contributed by atoms with Gasteiger partial charge in [0.15, 0.2) is 5.75 Å². The lowest BCUT2D eigenvalue weighted by molar-refractivity contribution is 0.142. The van der Waals surface area contributed by atoms with Crippen LogP contribution in [-0.4, -0.2) is 39.5 Å². The summed E-state index contributed by atoms with van der Waals surface area (Å²) in [6.07, 6.45) is -1.26. The van der Waals surface area contributed by atoms with Crippen LogP contribution in [0, 0.1) is 0 Å². The summed E-state index contributed by atoms with van der Waals surface area (Å²) in [4.78, 5) is 25.9. The first-order chi connectivity index (χ1) is 13.4. The Morgan fingerprint density at radius 3 is 2.79 bits per heavy atom. The third kappa shape index (κ3) is 3.39. The van der Waals surface area contributed by atoms with Crippen LogP contribution in [0.25, 0.3) is 22.2 Å². The van der Waals surface area contributed by atoms with E-state index in [1.165, 1.54) is 0 Å². The molecule has 154 valence electrons. The summed E-state index contributed by atoms with van der Waals surface area (Å²) in [5, 5.41) is 26.8. The van der Waals surface area contributed by atoms with Gasteiger partial charge in [-0.3, -0.25) is 4.79 Å². The van der Waals surface area contributed by atoms with Gasteiger partial charge in [-0.15, -0.1) is 12.4 Å². The van der Waals surface area contributed by atoms with E-state index in [9.17, 15) is 14.7 Å². The van der Waals surface area contributed by atoms with Crippen LogP contribution in [0.4, 0.5) is 10.5 Å². The van der Waals surface area contributed by atoms with Crippen molar-refractivity contribution in [2.75, 3.05) is 18.9 Å². The second kappa shape index (κ2) is 7.69. The zero-order valence-corrected chi connectivity index (χ0v) is 16.6. The third-order valence-electron chi connectivity index (χ3n) is 5.04. The van der Waals surface area contributed by atoms with Gasteiger partial charge in [-0.25, -0.2) is 4.79 Å². The van der Waals surface area contributed by atoms with Crippen LogP contribution in [-0.2, 0) is 20.0 Å². The largest absolute Gasteiger partial charge is 0.511 e. The third-order valence-corrected chi connectivity index (χ3v) is 5.04. The van der Waals surface area contributed by atoms with Crippen molar-refractivity contribution in [3.8, 4) is 22.8 Å². The highest BCUT2D eigenvalue weighted by atomic mass is 35.5. The smallest absolute Gasteiger partial charge is 0.504 e. The number of aromatic amines is 1. The number of carbonyl (C=O) groups is 1. The first kappa shape index (κ1) is 20.6. The van der Waals surface area contributed by atoms with Gasteiger partial charge in [0.25, 0.3) is 5.56 Å². The monoisotopic (exact) mass is 420 g/mol. The average Bonchev–Trinajstić information content (AvgIpc) is 2.83. The summed E-state index contributed by atoms with van der Waals surface area (Å²) < 4.78 is 6.58. The number of ether oxygens (including phenoxy) is 1. The van der Waals surface area contributed by atoms with Crippen LogP contribution in [0.15, 0.2) is 23.0 Å². The molecule has 0 fully saturated rings. The molecule has 0 unspecified atom stereocenters. The fourth-order valence-corrected chi connectivity index (χ4v) is 3.73. The van der Waals surface area contributed by atoms with E-state index in [-0.39, 0.29) is 12.4 Å². The summed E-state index contributed by atoms with van der Waals surface area (Å²) in [6, 6.07) is 6.03. The van der Waals surface area contributed by atoms with Crippen molar-refractivity contribution >= 4 is 35.2 Å². The van der Waals surface area contributed by atoms with Crippen LogP contribution in [0.1, 0.15) is 11.3 Å². The van der Waals surface area contributed by atoms with E-state index in [0.29, 0.717) is 30.8 Å². The highest BCUT2D eigenvalue weighted by Gasteiger charge is 2.25. The fraction of sp³-hybridized carbons (Fsp3) is 0.263. The molecule has 29 heavy (non-hydrogen) atoms. The van der Waals surface area contributed by atoms with Crippen LogP contribution < -0.4 is 20.9 Å². The average molecular weight is 421 g/mol. The van der Waals surface area contributed by atoms with Gasteiger partial charge in [0.2, 0.25) is 5.75 Å². The summed E-state index contributed by atoms with van der Waals surface area (Å²) in [5.74, 6) is -1.05. The standard InChI is InChI=1S/C19H20N4O5.ClH/c1-20-8-10-5-9-6-12-13(7-14(9)23(10)2)21-4-3-11-15(12)22-18(25)17(16(11)24)28-19(26)27;/h5-7,20-21H,3-4,8H2,1-2H3,(H,26,27)(H2,22,24,25);1H. The number of aromatic nitrogens is 2. The second-order valence-electron chi connectivity index (χ2n) is 6.71. The summed E-state index contributed by atoms with van der Waals surface area (Å²) in [6.45, 7) is 1.22.